The summed E-state index contributed by atoms with van der Waals surface area (Å²) in [5.74, 6) is -1.42. The fourth-order valence-electron chi connectivity index (χ4n) is 1.58. The van der Waals surface area contributed by atoms with Crippen LogP contribution < -0.4 is 0 Å². The smallest absolute Gasteiger partial charge is 0.351 e. The summed E-state index contributed by atoms with van der Waals surface area (Å²) < 4.78 is 13.4. The average Bonchev–Trinajstić information content (AvgIpc) is 2.67. The minimum atomic E-state index is -1.35. The van der Waals surface area contributed by atoms with E-state index in [0.717, 1.165) is 0 Å². The number of hydrogen-bond donors (Lipinski definition) is 1. The minimum absolute atomic E-state index is 0.130. The standard InChI is InChI=1S/C12H12FNO3/c1-7-3-4-8(5-9(7)13)10-6-12(2,11(15)16)17-14-10/h3-5H,6H2,1-2H3,(H,15,16). The van der Waals surface area contributed by atoms with Crippen LogP contribution in [0.15, 0.2) is 23.4 Å². The van der Waals surface area contributed by atoms with Gasteiger partial charge in [-0.25, -0.2) is 9.18 Å². The second-order valence-electron chi connectivity index (χ2n) is 4.31. The van der Waals surface area contributed by atoms with Gasteiger partial charge in [0, 0.05) is 12.0 Å². The normalized spacial score (nSPS) is 23.1. The van der Waals surface area contributed by atoms with Crippen molar-refractivity contribution in [3.05, 3.63) is 35.1 Å². The third-order valence-corrected chi connectivity index (χ3v) is 2.82. The predicted molar refractivity (Wildman–Crippen MR) is 59.4 cm³/mol. The Bertz CT molecular complexity index is 512. The molecule has 1 aromatic rings. The first kappa shape index (κ1) is 11.6. The van der Waals surface area contributed by atoms with E-state index in [1.165, 1.54) is 13.0 Å². The number of halogens is 1. The van der Waals surface area contributed by atoms with Crippen LogP contribution in [0.25, 0.3) is 0 Å². The Morgan fingerprint density at radius 2 is 2.29 bits per heavy atom. The van der Waals surface area contributed by atoms with E-state index < -0.39 is 11.6 Å². The van der Waals surface area contributed by atoms with Crippen molar-refractivity contribution in [1.29, 1.82) is 0 Å². The predicted octanol–water partition coefficient (Wildman–Crippen LogP) is 2.10. The molecule has 1 atom stereocenters. The van der Waals surface area contributed by atoms with Crippen molar-refractivity contribution in [2.24, 2.45) is 5.16 Å². The van der Waals surface area contributed by atoms with Crippen molar-refractivity contribution in [2.45, 2.75) is 25.9 Å². The highest BCUT2D eigenvalue weighted by molar-refractivity contribution is 6.04. The SMILES string of the molecule is Cc1ccc(C2=NOC(C)(C(=O)O)C2)cc1F. The van der Waals surface area contributed by atoms with E-state index in [1.807, 2.05) is 0 Å². The molecule has 0 radical (unpaired) electrons. The number of nitrogens with zero attached hydrogens (tertiary/aromatic N) is 1. The molecule has 2 rings (SSSR count). The van der Waals surface area contributed by atoms with E-state index in [0.29, 0.717) is 16.8 Å². The number of rotatable bonds is 2. The van der Waals surface area contributed by atoms with E-state index >= 15 is 0 Å². The van der Waals surface area contributed by atoms with Gasteiger partial charge in [-0.05, 0) is 25.5 Å². The first-order valence-corrected chi connectivity index (χ1v) is 5.17. The lowest BCUT2D eigenvalue weighted by Gasteiger charge is -2.14. The number of oxime groups is 1. The van der Waals surface area contributed by atoms with Gasteiger partial charge in [0.1, 0.15) is 5.82 Å². The van der Waals surface area contributed by atoms with Crippen molar-refractivity contribution in [3.8, 4) is 0 Å². The van der Waals surface area contributed by atoms with Gasteiger partial charge in [0.25, 0.3) is 0 Å². The Hall–Kier alpha value is -1.91. The van der Waals surface area contributed by atoms with Crippen molar-refractivity contribution < 1.29 is 19.1 Å². The first-order valence-electron chi connectivity index (χ1n) is 5.17. The summed E-state index contributed by atoms with van der Waals surface area (Å²) in [5.41, 5.74) is 0.192. The number of aryl methyl sites for hydroxylation is 1. The lowest BCUT2D eigenvalue weighted by Crippen LogP contribution is -2.35. The third-order valence-electron chi connectivity index (χ3n) is 2.82. The summed E-state index contributed by atoms with van der Waals surface area (Å²) in [7, 11) is 0. The topological polar surface area (TPSA) is 58.9 Å². The van der Waals surface area contributed by atoms with Crippen molar-refractivity contribution >= 4 is 11.7 Å². The van der Waals surface area contributed by atoms with Gasteiger partial charge in [0.05, 0.1) is 5.71 Å². The molecular weight excluding hydrogens is 225 g/mol. The highest BCUT2D eigenvalue weighted by Gasteiger charge is 2.42. The number of hydrogen-bond acceptors (Lipinski definition) is 3. The number of carbonyl (C=O) groups is 1. The van der Waals surface area contributed by atoms with E-state index in [-0.39, 0.29) is 12.2 Å². The Labute approximate surface area is 97.7 Å². The molecule has 17 heavy (non-hydrogen) atoms. The van der Waals surface area contributed by atoms with Crippen LogP contribution in [-0.2, 0) is 9.63 Å². The van der Waals surface area contributed by atoms with Crippen molar-refractivity contribution in [1.82, 2.24) is 0 Å². The number of carboxylic acids is 1. The maximum atomic E-state index is 13.4. The van der Waals surface area contributed by atoms with Gasteiger partial charge in [-0.2, -0.15) is 0 Å². The first-order chi connectivity index (χ1) is 7.92. The van der Waals surface area contributed by atoms with Gasteiger partial charge < -0.3 is 9.94 Å². The molecule has 0 bridgehead atoms. The van der Waals surface area contributed by atoms with Crippen LogP contribution in [0.2, 0.25) is 0 Å². The molecule has 0 aromatic heterocycles. The quantitative estimate of drug-likeness (QED) is 0.856. The molecule has 0 spiro atoms. The molecule has 5 heteroatoms. The van der Waals surface area contributed by atoms with E-state index in [2.05, 4.69) is 5.16 Å². The summed E-state index contributed by atoms with van der Waals surface area (Å²) >= 11 is 0. The maximum absolute atomic E-state index is 13.4. The van der Waals surface area contributed by atoms with Crippen LogP contribution in [-0.4, -0.2) is 22.4 Å². The second kappa shape index (κ2) is 3.84. The number of aliphatic carboxylic acids is 1. The molecule has 1 N–H and O–H groups in total. The van der Waals surface area contributed by atoms with Crippen LogP contribution >= 0.6 is 0 Å². The lowest BCUT2D eigenvalue weighted by molar-refractivity contribution is -0.160. The van der Waals surface area contributed by atoms with Crippen molar-refractivity contribution in [2.75, 3.05) is 0 Å². The van der Waals surface area contributed by atoms with E-state index in [9.17, 15) is 9.18 Å². The zero-order valence-electron chi connectivity index (χ0n) is 9.53. The van der Waals surface area contributed by atoms with Crippen LogP contribution in [0.3, 0.4) is 0 Å². The second-order valence-corrected chi connectivity index (χ2v) is 4.31. The molecule has 1 aliphatic heterocycles. The van der Waals surface area contributed by atoms with Crippen LogP contribution in [0.4, 0.5) is 4.39 Å². The van der Waals surface area contributed by atoms with Gasteiger partial charge in [-0.1, -0.05) is 17.3 Å². The Morgan fingerprint density at radius 3 is 2.82 bits per heavy atom. The Balaban J connectivity index is 2.26. The fourth-order valence-corrected chi connectivity index (χ4v) is 1.58. The van der Waals surface area contributed by atoms with E-state index in [1.54, 1.807) is 19.1 Å². The molecule has 1 aliphatic rings. The molecule has 0 fully saturated rings. The molecule has 1 unspecified atom stereocenters. The molecule has 1 heterocycles. The van der Waals surface area contributed by atoms with Gasteiger partial charge in [0.2, 0.25) is 5.60 Å². The van der Waals surface area contributed by atoms with Crippen LogP contribution in [0, 0.1) is 12.7 Å². The zero-order valence-corrected chi connectivity index (χ0v) is 9.53. The largest absolute Gasteiger partial charge is 0.478 e. The monoisotopic (exact) mass is 237 g/mol. The molecule has 0 amide bonds. The summed E-state index contributed by atoms with van der Waals surface area (Å²) in [5, 5.41) is 12.7. The molecule has 1 aromatic carbocycles. The molecule has 0 aliphatic carbocycles. The molecule has 0 saturated heterocycles. The van der Waals surface area contributed by atoms with Gasteiger partial charge >= 0.3 is 5.97 Å². The third kappa shape index (κ3) is 2.00. The molecular formula is C12H12FNO3. The van der Waals surface area contributed by atoms with E-state index in [4.69, 9.17) is 9.94 Å². The summed E-state index contributed by atoms with van der Waals surface area (Å²) in [4.78, 5) is 15.9. The summed E-state index contributed by atoms with van der Waals surface area (Å²) in [6.07, 6.45) is 0.130. The van der Waals surface area contributed by atoms with Crippen LogP contribution in [0.1, 0.15) is 24.5 Å². The van der Waals surface area contributed by atoms with Gasteiger partial charge in [-0.15, -0.1) is 0 Å². The highest BCUT2D eigenvalue weighted by Crippen LogP contribution is 2.27. The Kier molecular flexibility index (Phi) is 2.61. The highest BCUT2D eigenvalue weighted by atomic mass is 19.1. The van der Waals surface area contributed by atoms with Gasteiger partial charge in [0.15, 0.2) is 0 Å². The molecule has 0 saturated carbocycles. The number of benzene rings is 1. The fraction of sp³-hybridized carbons (Fsp3) is 0.333. The molecule has 90 valence electrons. The Morgan fingerprint density at radius 1 is 1.59 bits per heavy atom. The van der Waals surface area contributed by atoms with Crippen molar-refractivity contribution in [3.63, 3.8) is 0 Å². The maximum Gasteiger partial charge on any atom is 0.351 e. The lowest BCUT2D eigenvalue weighted by atomic mass is 9.95. The number of carboxylic acid groups (broad SMARTS) is 1. The summed E-state index contributed by atoms with van der Waals surface area (Å²) in [6, 6.07) is 4.67. The van der Waals surface area contributed by atoms with Gasteiger partial charge in [-0.3, -0.25) is 0 Å². The van der Waals surface area contributed by atoms with Crippen LogP contribution in [0.5, 0.6) is 0 Å². The summed E-state index contributed by atoms with van der Waals surface area (Å²) in [6.45, 7) is 3.10. The zero-order chi connectivity index (χ0) is 12.6. The molecule has 4 nitrogen and oxygen atoms in total. The minimum Gasteiger partial charge on any atom is -0.478 e. The average molecular weight is 237 g/mol.